The van der Waals surface area contributed by atoms with Gasteiger partial charge < -0.3 is 14.2 Å². The molecule has 1 aliphatic heterocycles. The number of amidine groups is 1. The highest BCUT2D eigenvalue weighted by atomic mass is 127. The maximum atomic E-state index is 12.8. The van der Waals surface area contributed by atoms with Crippen molar-refractivity contribution in [3.63, 3.8) is 0 Å². The van der Waals surface area contributed by atoms with Crippen LogP contribution < -0.4 is 14.2 Å². The third-order valence-corrected chi connectivity index (χ3v) is 8.36. The van der Waals surface area contributed by atoms with Gasteiger partial charge in [-0.15, -0.1) is 0 Å². The van der Waals surface area contributed by atoms with E-state index in [-0.39, 0.29) is 28.0 Å². The predicted octanol–water partition coefficient (Wildman–Crippen LogP) is 6.17. The summed E-state index contributed by atoms with van der Waals surface area (Å²) in [6, 6.07) is 12.2. The summed E-state index contributed by atoms with van der Waals surface area (Å²) in [5.74, 6) is -0.367. The van der Waals surface area contributed by atoms with Crippen LogP contribution in [0.15, 0.2) is 69.4 Å². The summed E-state index contributed by atoms with van der Waals surface area (Å²) in [4.78, 5) is 27.1. The first-order valence-corrected chi connectivity index (χ1v) is 14.3. The molecule has 0 unspecified atom stereocenters. The number of nitrogens with zero attached hydrogens (tertiary/aromatic N) is 2. The van der Waals surface area contributed by atoms with Crippen LogP contribution in [0, 0.1) is 13.7 Å². The number of rotatable bonds is 7. The number of methoxy groups -OCH3 is 1. The van der Waals surface area contributed by atoms with Gasteiger partial charge in [0.2, 0.25) is 0 Å². The Morgan fingerprint density at radius 2 is 1.84 bits per heavy atom. The number of hydrogen-bond donors (Lipinski definition) is 1. The van der Waals surface area contributed by atoms with Crippen molar-refractivity contribution in [1.82, 2.24) is 5.32 Å². The van der Waals surface area contributed by atoms with Crippen molar-refractivity contribution < 1.29 is 27.1 Å². The quantitative estimate of drug-likeness (QED) is 0.101. The van der Waals surface area contributed by atoms with Crippen LogP contribution in [0.5, 0.6) is 11.5 Å². The van der Waals surface area contributed by atoms with Crippen LogP contribution in [0.4, 0.5) is 11.4 Å². The summed E-state index contributed by atoms with van der Waals surface area (Å²) in [7, 11) is -2.99. The first-order valence-electron chi connectivity index (χ1n) is 10.3. The summed E-state index contributed by atoms with van der Waals surface area (Å²) in [6.07, 6.45) is 1.58. The van der Waals surface area contributed by atoms with Crippen molar-refractivity contribution in [2.24, 2.45) is 4.99 Å². The van der Waals surface area contributed by atoms with Crippen molar-refractivity contribution in [2.75, 3.05) is 7.11 Å². The largest absolute Gasteiger partial charge is 0.493 e. The molecule has 10 nitrogen and oxygen atoms in total. The molecule has 3 aromatic carbocycles. The lowest BCUT2D eigenvalue weighted by Gasteiger charge is -2.13. The van der Waals surface area contributed by atoms with Crippen molar-refractivity contribution in [3.05, 3.63) is 88.8 Å². The molecule has 1 saturated heterocycles. The zero-order valence-electron chi connectivity index (χ0n) is 19.0. The number of thioether (sulfide) groups is 1. The lowest BCUT2D eigenvalue weighted by Crippen LogP contribution is -2.19. The Bertz CT molecular complexity index is 1630. The second-order valence-corrected chi connectivity index (χ2v) is 12.0. The highest BCUT2D eigenvalue weighted by molar-refractivity contribution is 14.1. The molecule has 0 radical (unpaired) electrons. The molecule has 1 amide bonds. The fourth-order valence-corrected chi connectivity index (χ4v) is 6.11. The Kier molecular flexibility index (Phi) is 8.52. The van der Waals surface area contributed by atoms with Gasteiger partial charge in [-0.3, -0.25) is 14.9 Å². The second-order valence-electron chi connectivity index (χ2n) is 7.40. The van der Waals surface area contributed by atoms with E-state index in [9.17, 15) is 23.3 Å². The van der Waals surface area contributed by atoms with Gasteiger partial charge in [0.1, 0.15) is 4.90 Å². The van der Waals surface area contributed by atoms with Crippen molar-refractivity contribution in [1.29, 1.82) is 0 Å². The van der Waals surface area contributed by atoms with Gasteiger partial charge in [-0.25, -0.2) is 4.99 Å². The number of carbonyl (C=O) groups excluding carboxylic acids is 1. The lowest BCUT2D eigenvalue weighted by atomic mass is 10.2. The summed E-state index contributed by atoms with van der Waals surface area (Å²) < 4.78 is 36.6. The average molecular weight is 706 g/mol. The topological polar surface area (TPSA) is 137 Å². The number of nitro groups is 1. The van der Waals surface area contributed by atoms with Gasteiger partial charge in [-0.2, -0.15) is 8.42 Å². The minimum atomic E-state index is -4.33. The molecule has 4 rings (SSSR count). The highest BCUT2D eigenvalue weighted by Gasteiger charge is 2.26. The molecular formula is C23H14Cl2IN3O7S2. The minimum Gasteiger partial charge on any atom is -0.493 e. The molecule has 0 atom stereocenters. The Morgan fingerprint density at radius 3 is 2.50 bits per heavy atom. The van der Waals surface area contributed by atoms with E-state index in [1.165, 1.54) is 13.2 Å². The number of carbonyl (C=O) groups is 1. The van der Waals surface area contributed by atoms with Gasteiger partial charge in [-0.1, -0.05) is 23.2 Å². The molecule has 3 aromatic rings. The first-order chi connectivity index (χ1) is 18.0. The number of aliphatic imine (C=N–C) groups is 1. The monoisotopic (exact) mass is 705 g/mol. The Labute approximate surface area is 244 Å². The number of benzene rings is 3. The first kappa shape index (κ1) is 28.2. The average Bonchev–Trinajstić information content (AvgIpc) is 3.21. The molecule has 0 aromatic heterocycles. The molecule has 1 N–H and O–H groups in total. The number of hydrogen-bond acceptors (Lipinski definition) is 9. The lowest BCUT2D eigenvalue weighted by molar-refractivity contribution is -0.384. The van der Waals surface area contributed by atoms with E-state index in [0.717, 1.165) is 36.0 Å². The van der Waals surface area contributed by atoms with Crippen molar-refractivity contribution in [3.8, 4) is 11.5 Å². The molecule has 15 heteroatoms. The Morgan fingerprint density at radius 1 is 1.13 bits per heavy atom. The summed E-state index contributed by atoms with van der Waals surface area (Å²) in [5, 5.41) is 14.6. The maximum Gasteiger partial charge on any atom is 0.339 e. The predicted molar refractivity (Wildman–Crippen MR) is 154 cm³/mol. The number of halogens is 3. The van der Waals surface area contributed by atoms with E-state index in [1.54, 1.807) is 30.3 Å². The summed E-state index contributed by atoms with van der Waals surface area (Å²) in [6.45, 7) is 0. The maximum absolute atomic E-state index is 12.8. The number of ether oxygens (including phenoxy) is 1. The zero-order valence-corrected chi connectivity index (χ0v) is 24.3. The number of non-ortho nitro benzene ring substituents is 1. The van der Waals surface area contributed by atoms with Crippen LogP contribution in [-0.4, -0.2) is 31.5 Å². The SMILES string of the molecule is COc1cc(/C=C2/SC(=Nc3cc(Cl)ccc3Cl)NC2=O)cc(I)c1OS(=O)(=O)c1ccc([N+](=O)[O-])cc1. The molecule has 0 spiro atoms. The molecule has 1 aliphatic rings. The molecular weight excluding hydrogens is 692 g/mol. The Balaban J connectivity index is 1.60. The van der Waals surface area contributed by atoms with Crippen LogP contribution >= 0.6 is 57.6 Å². The van der Waals surface area contributed by atoms with E-state index < -0.39 is 15.0 Å². The van der Waals surface area contributed by atoms with Crippen LogP contribution in [0.1, 0.15) is 5.56 Å². The molecule has 1 fully saturated rings. The number of nitrogens with one attached hydrogen (secondary N) is 1. The van der Waals surface area contributed by atoms with Crippen LogP contribution in [0.25, 0.3) is 6.08 Å². The Hall–Kier alpha value is -2.85. The third-order valence-electron chi connectivity index (χ3n) is 4.86. The van der Waals surface area contributed by atoms with Gasteiger partial charge in [0, 0.05) is 17.2 Å². The highest BCUT2D eigenvalue weighted by Crippen LogP contribution is 2.38. The summed E-state index contributed by atoms with van der Waals surface area (Å²) >= 11 is 15.1. The van der Waals surface area contributed by atoms with Gasteiger partial charge in [-0.05, 0) is 88.5 Å². The van der Waals surface area contributed by atoms with E-state index >= 15 is 0 Å². The fraction of sp³-hybridized carbons (Fsp3) is 0.0435. The number of amides is 1. The van der Waals surface area contributed by atoms with Gasteiger partial charge >= 0.3 is 10.1 Å². The normalized spacial score (nSPS) is 15.5. The summed E-state index contributed by atoms with van der Waals surface area (Å²) in [5.41, 5.74) is 0.673. The van der Waals surface area contributed by atoms with Crippen LogP contribution in [-0.2, 0) is 14.9 Å². The standard InChI is InChI=1S/C23H14Cl2IN3O7S2/c1-35-19-9-12(10-20-22(30)28-23(37-20)27-18-11-13(24)2-7-16(18)25)8-17(26)21(19)36-38(33,34)15-5-3-14(4-6-15)29(31)32/h2-11H,1H3,(H,27,28,30)/b20-10+. The van der Waals surface area contributed by atoms with Gasteiger partial charge in [0.25, 0.3) is 11.6 Å². The fourth-order valence-electron chi connectivity index (χ4n) is 3.11. The van der Waals surface area contributed by atoms with E-state index in [4.69, 9.17) is 32.1 Å². The molecule has 38 heavy (non-hydrogen) atoms. The van der Waals surface area contributed by atoms with E-state index in [1.807, 2.05) is 22.6 Å². The van der Waals surface area contributed by atoms with E-state index in [0.29, 0.717) is 34.9 Å². The molecule has 196 valence electrons. The van der Waals surface area contributed by atoms with Crippen LogP contribution in [0.3, 0.4) is 0 Å². The molecule has 0 bridgehead atoms. The van der Waals surface area contributed by atoms with Gasteiger partial charge in [0.15, 0.2) is 16.7 Å². The number of nitro benzene ring substituents is 1. The minimum absolute atomic E-state index is 0.0741. The van der Waals surface area contributed by atoms with Gasteiger partial charge in [0.05, 0.1) is 31.2 Å². The van der Waals surface area contributed by atoms with Crippen molar-refractivity contribution >= 4 is 96.2 Å². The molecule has 0 aliphatic carbocycles. The van der Waals surface area contributed by atoms with E-state index in [2.05, 4.69) is 10.3 Å². The molecule has 0 saturated carbocycles. The third kappa shape index (κ3) is 6.40. The zero-order chi connectivity index (χ0) is 27.6. The van der Waals surface area contributed by atoms with Crippen molar-refractivity contribution in [2.45, 2.75) is 4.90 Å². The molecule has 1 heterocycles. The smallest absolute Gasteiger partial charge is 0.339 e. The second kappa shape index (κ2) is 11.5. The van der Waals surface area contributed by atoms with Crippen LogP contribution in [0.2, 0.25) is 10.0 Å².